The Hall–Kier alpha value is -3.54. The Balaban J connectivity index is 1.52. The number of ether oxygens (including phenoxy) is 1. The Morgan fingerprint density at radius 2 is 1.88 bits per heavy atom. The number of nitrogens with one attached hydrogen (secondary N) is 1. The summed E-state index contributed by atoms with van der Waals surface area (Å²) in [6.45, 7) is 0.285. The number of aromatic nitrogens is 1. The van der Waals surface area contributed by atoms with Crippen LogP contribution in [0.1, 0.15) is 21.5 Å². The van der Waals surface area contributed by atoms with Gasteiger partial charge in [0.25, 0.3) is 5.91 Å². The summed E-state index contributed by atoms with van der Waals surface area (Å²) in [6, 6.07) is 16.7. The Bertz CT molecular complexity index is 896. The molecule has 130 valence electrons. The number of nitrogens with zero attached hydrogens (tertiary/aromatic N) is 2. The van der Waals surface area contributed by atoms with E-state index in [9.17, 15) is 9.18 Å². The number of hydrogen-bond donors (Lipinski definition) is 1. The van der Waals surface area contributed by atoms with Gasteiger partial charge in [0.2, 0.25) is 0 Å². The molecule has 5 nitrogen and oxygen atoms in total. The fourth-order valence-corrected chi connectivity index (χ4v) is 2.18. The molecular formula is C20H16FN3O2. The third-order valence-corrected chi connectivity index (χ3v) is 3.50. The molecule has 0 aliphatic carbocycles. The van der Waals surface area contributed by atoms with Gasteiger partial charge in [-0.3, -0.25) is 9.78 Å². The molecule has 0 radical (unpaired) electrons. The molecule has 0 spiro atoms. The summed E-state index contributed by atoms with van der Waals surface area (Å²) in [5.74, 6) is 0.0670. The van der Waals surface area contributed by atoms with E-state index in [1.807, 2.05) is 12.1 Å². The van der Waals surface area contributed by atoms with Gasteiger partial charge < -0.3 is 4.74 Å². The molecule has 1 N–H and O–H groups in total. The van der Waals surface area contributed by atoms with E-state index in [0.29, 0.717) is 11.3 Å². The Morgan fingerprint density at radius 3 is 2.62 bits per heavy atom. The quantitative estimate of drug-likeness (QED) is 0.547. The first kappa shape index (κ1) is 17.3. The van der Waals surface area contributed by atoms with Gasteiger partial charge in [-0.2, -0.15) is 5.10 Å². The van der Waals surface area contributed by atoms with E-state index < -0.39 is 0 Å². The summed E-state index contributed by atoms with van der Waals surface area (Å²) in [4.78, 5) is 15.7. The van der Waals surface area contributed by atoms with E-state index in [2.05, 4.69) is 15.5 Å². The van der Waals surface area contributed by atoms with Crippen molar-refractivity contribution < 1.29 is 13.9 Å². The number of hydrazone groups is 1. The summed E-state index contributed by atoms with van der Waals surface area (Å²) in [5.41, 5.74) is 4.50. The molecule has 0 bridgehead atoms. The van der Waals surface area contributed by atoms with Crippen LogP contribution in [0.25, 0.3) is 0 Å². The smallest absolute Gasteiger partial charge is 0.271 e. The lowest BCUT2D eigenvalue weighted by Crippen LogP contribution is -2.17. The molecule has 0 aliphatic heterocycles. The van der Waals surface area contributed by atoms with Gasteiger partial charge in [0, 0.05) is 18.0 Å². The predicted molar refractivity (Wildman–Crippen MR) is 96.5 cm³/mol. The van der Waals surface area contributed by atoms with Crippen LogP contribution in [0.2, 0.25) is 0 Å². The van der Waals surface area contributed by atoms with Crippen LogP contribution in [0.5, 0.6) is 5.75 Å². The fraction of sp³-hybridized carbons (Fsp3) is 0.0500. The first-order valence-corrected chi connectivity index (χ1v) is 7.91. The highest BCUT2D eigenvalue weighted by atomic mass is 19.1. The average molecular weight is 349 g/mol. The summed E-state index contributed by atoms with van der Waals surface area (Å²) < 4.78 is 18.7. The molecule has 1 aromatic heterocycles. The van der Waals surface area contributed by atoms with E-state index in [-0.39, 0.29) is 18.3 Å². The molecule has 26 heavy (non-hydrogen) atoms. The predicted octanol–water partition coefficient (Wildman–Crippen LogP) is 3.56. The van der Waals surface area contributed by atoms with Crippen LogP contribution < -0.4 is 10.2 Å². The zero-order chi connectivity index (χ0) is 18.2. The first-order valence-electron chi connectivity index (χ1n) is 7.91. The summed E-state index contributed by atoms with van der Waals surface area (Å²) in [5, 5.41) is 3.92. The number of halogens is 1. The van der Waals surface area contributed by atoms with E-state index in [0.717, 1.165) is 11.1 Å². The second kappa shape index (κ2) is 8.53. The van der Waals surface area contributed by atoms with Gasteiger partial charge >= 0.3 is 0 Å². The van der Waals surface area contributed by atoms with E-state index in [1.54, 1.807) is 48.8 Å². The maximum Gasteiger partial charge on any atom is 0.271 e. The van der Waals surface area contributed by atoms with Crippen molar-refractivity contribution in [2.75, 3.05) is 0 Å². The fourth-order valence-electron chi connectivity index (χ4n) is 2.18. The SMILES string of the molecule is O=C(N/N=C\c1ccc(OCc2cccc(F)c2)cc1)c1ccncc1. The van der Waals surface area contributed by atoms with E-state index in [4.69, 9.17) is 4.74 Å². The monoisotopic (exact) mass is 349 g/mol. The maximum atomic E-state index is 13.1. The maximum absolute atomic E-state index is 13.1. The Kier molecular flexibility index (Phi) is 5.67. The molecule has 0 saturated carbocycles. The summed E-state index contributed by atoms with van der Waals surface area (Å²) in [6.07, 6.45) is 4.62. The van der Waals surface area contributed by atoms with Crippen molar-refractivity contribution in [3.63, 3.8) is 0 Å². The van der Waals surface area contributed by atoms with Gasteiger partial charge in [0.1, 0.15) is 18.2 Å². The number of pyridine rings is 1. The lowest BCUT2D eigenvalue weighted by Gasteiger charge is -2.06. The van der Waals surface area contributed by atoms with Crippen LogP contribution >= 0.6 is 0 Å². The average Bonchev–Trinajstić information content (AvgIpc) is 2.68. The van der Waals surface area contributed by atoms with Crippen molar-refractivity contribution in [3.05, 3.63) is 95.6 Å². The topological polar surface area (TPSA) is 63.6 Å². The van der Waals surface area contributed by atoms with Gasteiger partial charge in [-0.25, -0.2) is 9.82 Å². The van der Waals surface area contributed by atoms with Crippen molar-refractivity contribution >= 4 is 12.1 Å². The lowest BCUT2D eigenvalue weighted by atomic mass is 10.2. The highest BCUT2D eigenvalue weighted by Crippen LogP contribution is 2.14. The summed E-state index contributed by atoms with van der Waals surface area (Å²) in [7, 11) is 0. The minimum absolute atomic E-state index is 0.285. The highest BCUT2D eigenvalue weighted by Gasteiger charge is 2.02. The van der Waals surface area contributed by atoms with Crippen molar-refractivity contribution in [2.24, 2.45) is 5.10 Å². The minimum atomic E-state index is -0.307. The number of benzene rings is 2. The van der Waals surface area contributed by atoms with Crippen LogP contribution in [-0.4, -0.2) is 17.1 Å². The van der Waals surface area contributed by atoms with Crippen LogP contribution in [0, 0.1) is 5.82 Å². The standard InChI is InChI=1S/C20H16FN3O2/c21-18-3-1-2-16(12-18)14-26-19-6-4-15(5-7-19)13-23-24-20(25)17-8-10-22-11-9-17/h1-13H,14H2,(H,24,25)/b23-13-. The number of hydrogen-bond acceptors (Lipinski definition) is 4. The van der Waals surface area contributed by atoms with Gasteiger partial charge in [0.05, 0.1) is 6.21 Å². The second-order valence-corrected chi connectivity index (χ2v) is 5.42. The highest BCUT2D eigenvalue weighted by molar-refractivity contribution is 5.94. The van der Waals surface area contributed by atoms with E-state index in [1.165, 1.54) is 18.3 Å². The van der Waals surface area contributed by atoms with Crippen LogP contribution in [0.4, 0.5) is 4.39 Å². The van der Waals surface area contributed by atoms with Gasteiger partial charge in [-0.05, 0) is 59.7 Å². The van der Waals surface area contributed by atoms with Gasteiger partial charge in [-0.1, -0.05) is 12.1 Å². The molecule has 1 amide bonds. The second-order valence-electron chi connectivity index (χ2n) is 5.42. The number of amides is 1. The lowest BCUT2D eigenvalue weighted by molar-refractivity contribution is 0.0955. The molecule has 3 aromatic rings. The zero-order valence-corrected chi connectivity index (χ0v) is 13.8. The van der Waals surface area contributed by atoms with Crippen molar-refractivity contribution in [3.8, 4) is 5.75 Å². The third-order valence-electron chi connectivity index (χ3n) is 3.50. The van der Waals surface area contributed by atoms with Crippen molar-refractivity contribution in [1.29, 1.82) is 0 Å². The van der Waals surface area contributed by atoms with Crippen molar-refractivity contribution in [2.45, 2.75) is 6.61 Å². The number of carbonyl (C=O) groups excluding carboxylic acids is 1. The number of carbonyl (C=O) groups is 1. The molecule has 2 aromatic carbocycles. The molecular weight excluding hydrogens is 333 g/mol. The zero-order valence-electron chi connectivity index (χ0n) is 13.8. The van der Waals surface area contributed by atoms with Crippen molar-refractivity contribution in [1.82, 2.24) is 10.4 Å². The Morgan fingerprint density at radius 1 is 1.12 bits per heavy atom. The normalized spacial score (nSPS) is 10.7. The van der Waals surface area contributed by atoms with Crippen LogP contribution in [-0.2, 0) is 6.61 Å². The van der Waals surface area contributed by atoms with E-state index >= 15 is 0 Å². The summed E-state index contributed by atoms with van der Waals surface area (Å²) >= 11 is 0. The Labute approximate surface area is 150 Å². The molecule has 0 atom stereocenters. The van der Waals surface area contributed by atoms with Gasteiger partial charge in [-0.15, -0.1) is 0 Å². The van der Waals surface area contributed by atoms with Crippen LogP contribution in [0.3, 0.4) is 0 Å². The molecule has 6 heteroatoms. The third kappa shape index (κ3) is 4.98. The largest absolute Gasteiger partial charge is 0.489 e. The number of rotatable bonds is 6. The molecule has 0 aliphatic rings. The first-order chi connectivity index (χ1) is 12.7. The molecule has 0 saturated heterocycles. The van der Waals surface area contributed by atoms with Gasteiger partial charge in [0.15, 0.2) is 0 Å². The van der Waals surface area contributed by atoms with Crippen LogP contribution in [0.15, 0.2) is 78.2 Å². The molecule has 0 fully saturated rings. The molecule has 0 unspecified atom stereocenters. The molecule has 3 rings (SSSR count). The molecule has 1 heterocycles. The minimum Gasteiger partial charge on any atom is -0.489 e.